The second-order valence-electron chi connectivity index (χ2n) is 6.46. The molecule has 0 atom stereocenters. The Morgan fingerprint density at radius 3 is 2.08 bits per heavy atom. The summed E-state index contributed by atoms with van der Waals surface area (Å²) in [4.78, 5) is 0. The molecule has 5 heteroatoms. The fourth-order valence-electron chi connectivity index (χ4n) is 3.75. The predicted molar refractivity (Wildman–Crippen MR) is 83.3 cm³/mol. The summed E-state index contributed by atoms with van der Waals surface area (Å²) >= 11 is 0. The lowest BCUT2D eigenvalue weighted by molar-refractivity contribution is -0.184. The van der Waals surface area contributed by atoms with E-state index in [1.807, 2.05) is 0 Å². The molecule has 2 aromatic rings. The SMILES string of the molecule is Oc1ccc(C2(c3cccc(F)c3)CCC(C(F)(F)F)CC2)cc1. The summed E-state index contributed by atoms with van der Waals surface area (Å²) in [6, 6.07) is 12.6. The summed E-state index contributed by atoms with van der Waals surface area (Å²) in [5, 5.41) is 9.49. The molecule has 24 heavy (non-hydrogen) atoms. The standard InChI is InChI=1S/C19H18F4O/c20-16-3-1-2-15(12-16)18(13-4-6-17(24)7-5-13)10-8-14(9-11-18)19(21,22)23/h1-7,12,14,24H,8-11H2. The quantitative estimate of drug-likeness (QED) is 0.710. The lowest BCUT2D eigenvalue weighted by atomic mass is 9.63. The summed E-state index contributed by atoms with van der Waals surface area (Å²) in [6.45, 7) is 0. The number of benzene rings is 2. The molecule has 1 nitrogen and oxygen atoms in total. The normalized spacial score (nSPS) is 24.8. The van der Waals surface area contributed by atoms with E-state index in [-0.39, 0.29) is 18.6 Å². The zero-order valence-corrected chi connectivity index (χ0v) is 13.0. The molecule has 0 amide bonds. The first-order valence-electron chi connectivity index (χ1n) is 7.93. The van der Waals surface area contributed by atoms with Gasteiger partial charge < -0.3 is 5.11 Å². The van der Waals surface area contributed by atoms with Crippen LogP contribution in [-0.2, 0) is 5.41 Å². The summed E-state index contributed by atoms with van der Waals surface area (Å²) in [5.74, 6) is -1.61. The zero-order valence-electron chi connectivity index (χ0n) is 13.0. The Labute approximate surface area is 137 Å². The van der Waals surface area contributed by atoms with E-state index in [2.05, 4.69) is 0 Å². The first kappa shape index (κ1) is 16.8. The molecule has 0 radical (unpaired) electrons. The van der Waals surface area contributed by atoms with Gasteiger partial charge in [0.25, 0.3) is 0 Å². The molecule has 3 rings (SSSR count). The topological polar surface area (TPSA) is 20.2 Å². The first-order valence-corrected chi connectivity index (χ1v) is 7.93. The molecule has 1 N–H and O–H groups in total. The number of phenolic OH excluding ortho intramolecular Hbond substituents is 1. The minimum absolute atomic E-state index is 0.0148. The highest BCUT2D eigenvalue weighted by Gasteiger charge is 2.47. The summed E-state index contributed by atoms with van der Waals surface area (Å²) in [5.41, 5.74) is 0.845. The van der Waals surface area contributed by atoms with Gasteiger partial charge in [-0.3, -0.25) is 0 Å². The van der Waals surface area contributed by atoms with Crippen molar-refractivity contribution in [2.24, 2.45) is 5.92 Å². The average Bonchev–Trinajstić information content (AvgIpc) is 2.55. The van der Waals surface area contributed by atoms with Gasteiger partial charge in [0.2, 0.25) is 0 Å². The maximum absolute atomic E-state index is 13.7. The van der Waals surface area contributed by atoms with Gasteiger partial charge in [0, 0.05) is 5.41 Å². The van der Waals surface area contributed by atoms with Crippen molar-refractivity contribution < 1.29 is 22.7 Å². The second kappa shape index (κ2) is 6.11. The van der Waals surface area contributed by atoms with Crippen molar-refractivity contribution in [3.8, 4) is 5.75 Å². The Hall–Kier alpha value is -2.04. The van der Waals surface area contributed by atoms with Crippen LogP contribution in [0.2, 0.25) is 0 Å². The van der Waals surface area contributed by atoms with E-state index in [1.54, 1.807) is 24.3 Å². The van der Waals surface area contributed by atoms with Gasteiger partial charge in [-0.15, -0.1) is 0 Å². The van der Waals surface area contributed by atoms with E-state index >= 15 is 0 Å². The van der Waals surface area contributed by atoms with Gasteiger partial charge in [-0.05, 0) is 61.1 Å². The third-order valence-corrected chi connectivity index (χ3v) is 5.10. The van der Waals surface area contributed by atoms with Crippen LogP contribution in [0.4, 0.5) is 17.6 Å². The van der Waals surface area contributed by atoms with Crippen LogP contribution in [0.15, 0.2) is 48.5 Å². The minimum Gasteiger partial charge on any atom is -0.508 e. The monoisotopic (exact) mass is 338 g/mol. The number of phenols is 1. The number of halogens is 4. The van der Waals surface area contributed by atoms with E-state index in [9.17, 15) is 22.7 Å². The van der Waals surface area contributed by atoms with Crippen LogP contribution in [0, 0.1) is 11.7 Å². The summed E-state index contributed by atoms with van der Waals surface area (Å²) < 4.78 is 52.8. The predicted octanol–water partition coefficient (Wildman–Crippen LogP) is 5.57. The van der Waals surface area contributed by atoms with Gasteiger partial charge in [-0.1, -0.05) is 24.3 Å². The van der Waals surface area contributed by atoms with Crippen LogP contribution in [0.1, 0.15) is 36.8 Å². The fraction of sp³-hybridized carbons (Fsp3) is 0.368. The average molecular weight is 338 g/mol. The molecule has 0 heterocycles. The van der Waals surface area contributed by atoms with E-state index < -0.39 is 23.3 Å². The molecule has 0 aromatic heterocycles. The van der Waals surface area contributed by atoms with Gasteiger partial charge in [0.1, 0.15) is 11.6 Å². The number of hydrogen-bond donors (Lipinski definition) is 1. The molecule has 128 valence electrons. The maximum atomic E-state index is 13.7. The van der Waals surface area contributed by atoms with Crippen molar-refractivity contribution in [2.75, 3.05) is 0 Å². The Balaban J connectivity index is 2.02. The van der Waals surface area contributed by atoms with Gasteiger partial charge in [-0.25, -0.2) is 4.39 Å². The van der Waals surface area contributed by atoms with Crippen LogP contribution in [-0.4, -0.2) is 11.3 Å². The van der Waals surface area contributed by atoms with Crippen LogP contribution in [0.5, 0.6) is 5.75 Å². The van der Waals surface area contributed by atoms with Crippen molar-refractivity contribution in [2.45, 2.75) is 37.3 Å². The van der Waals surface area contributed by atoms with Crippen molar-refractivity contribution >= 4 is 0 Å². The van der Waals surface area contributed by atoms with Gasteiger partial charge in [0.05, 0.1) is 5.92 Å². The van der Waals surface area contributed by atoms with Gasteiger partial charge in [-0.2, -0.15) is 13.2 Å². The number of aromatic hydroxyl groups is 1. The molecule has 0 unspecified atom stereocenters. The highest BCUT2D eigenvalue weighted by Crippen LogP contribution is 2.50. The molecular formula is C19H18F4O. The molecule has 0 spiro atoms. The van der Waals surface area contributed by atoms with Crippen LogP contribution >= 0.6 is 0 Å². The highest BCUT2D eigenvalue weighted by molar-refractivity contribution is 5.42. The van der Waals surface area contributed by atoms with Gasteiger partial charge >= 0.3 is 6.18 Å². The Kier molecular flexibility index (Phi) is 4.28. The van der Waals surface area contributed by atoms with E-state index in [0.717, 1.165) is 5.56 Å². The number of alkyl halides is 3. The Bertz CT molecular complexity index is 698. The van der Waals surface area contributed by atoms with Crippen LogP contribution in [0.3, 0.4) is 0 Å². The summed E-state index contributed by atoms with van der Waals surface area (Å²) in [7, 11) is 0. The second-order valence-corrected chi connectivity index (χ2v) is 6.46. The fourth-order valence-corrected chi connectivity index (χ4v) is 3.75. The van der Waals surface area contributed by atoms with Crippen LogP contribution in [0.25, 0.3) is 0 Å². The lowest BCUT2D eigenvalue weighted by Gasteiger charge is -2.41. The molecule has 1 fully saturated rings. The molecule has 2 aromatic carbocycles. The molecule has 1 saturated carbocycles. The van der Waals surface area contributed by atoms with Gasteiger partial charge in [0.15, 0.2) is 0 Å². The third kappa shape index (κ3) is 3.12. The maximum Gasteiger partial charge on any atom is 0.391 e. The number of hydrogen-bond acceptors (Lipinski definition) is 1. The molecular weight excluding hydrogens is 320 g/mol. The molecule has 1 aliphatic carbocycles. The number of rotatable bonds is 2. The largest absolute Gasteiger partial charge is 0.508 e. The van der Waals surface area contributed by atoms with E-state index in [4.69, 9.17) is 0 Å². The Morgan fingerprint density at radius 1 is 0.917 bits per heavy atom. The highest BCUT2D eigenvalue weighted by atomic mass is 19.4. The lowest BCUT2D eigenvalue weighted by Crippen LogP contribution is -2.37. The van der Waals surface area contributed by atoms with Crippen molar-refractivity contribution in [3.63, 3.8) is 0 Å². The molecule has 0 saturated heterocycles. The minimum atomic E-state index is -4.19. The smallest absolute Gasteiger partial charge is 0.391 e. The van der Waals surface area contributed by atoms with Crippen molar-refractivity contribution in [3.05, 3.63) is 65.5 Å². The zero-order chi connectivity index (χ0) is 17.4. The molecule has 1 aliphatic rings. The van der Waals surface area contributed by atoms with E-state index in [0.29, 0.717) is 18.4 Å². The Morgan fingerprint density at radius 2 is 1.54 bits per heavy atom. The first-order chi connectivity index (χ1) is 11.3. The molecule has 0 aliphatic heterocycles. The van der Waals surface area contributed by atoms with Crippen molar-refractivity contribution in [1.29, 1.82) is 0 Å². The van der Waals surface area contributed by atoms with Crippen molar-refractivity contribution in [1.82, 2.24) is 0 Å². The van der Waals surface area contributed by atoms with E-state index in [1.165, 1.54) is 24.3 Å². The molecule has 0 bridgehead atoms. The van der Waals surface area contributed by atoms with Crippen LogP contribution < -0.4 is 0 Å². The summed E-state index contributed by atoms with van der Waals surface area (Å²) in [6.07, 6.45) is -3.57. The third-order valence-electron chi connectivity index (χ3n) is 5.10.